The lowest BCUT2D eigenvalue weighted by molar-refractivity contribution is -0.162. The summed E-state index contributed by atoms with van der Waals surface area (Å²) in [5.74, 6) is 0.132. The molecule has 0 bridgehead atoms. The molecule has 0 heterocycles. The van der Waals surface area contributed by atoms with Gasteiger partial charge >= 0.3 is 0 Å². The van der Waals surface area contributed by atoms with Crippen molar-refractivity contribution in [2.45, 2.75) is 80.1 Å². The molecule has 1 fully saturated rings. The molecule has 0 aromatic heterocycles. The van der Waals surface area contributed by atoms with Crippen molar-refractivity contribution in [2.75, 3.05) is 13.1 Å². The van der Waals surface area contributed by atoms with E-state index in [0.29, 0.717) is 13.1 Å². The van der Waals surface area contributed by atoms with Gasteiger partial charge in [0.2, 0.25) is 11.8 Å². The fourth-order valence-electron chi connectivity index (χ4n) is 3.95. The van der Waals surface area contributed by atoms with E-state index in [4.69, 9.17) is 0 Å². The Labute approximate surface area is 142 Å². The number of hydrogen-bond donors (Lipinski definition) is 2. The summed E-state index contributed by atoms with van der Waals surface area (Å²) in [5.41, 5.74) is 0.0568. The van der Waals surface area contributed by atoms with E-state index in [1.807, 2.05) is 0 Å². The summed E-state index contributed by atoms with van der Waals surface area (Å²) < 4.78 is 0. The van der Waals surface area contributed by atoms with E-state index >= 15 is 0 Å². The van der Waals surface area contributed by atoms with Crippen LogP contribution in [0.4, 0.5) is 0 Å². The van der Waals surface area contributed by atoms with Gasteiger partial charge in [0.15, 0.2) is 0 Å². The molecule has 0 radical (unpaired) electrons. The number of carbonyl (C=O) groups excluding carboxylic acids is 2. The molecule has 2 N–H and O–H groups in total. The SMILES string of the molecule is CCC(C)(CC)CC1(C(=O)NCCNC(C)=O)CCC1(C)CC. The lowest BCUT2D eigenvalue weighted by atomic mass is 9.44. The third-order valence-corrected chi connectivity index (χ3v) is 6.69. The van der Waals surface area contributed by atoms with Crippen LogP contribution in [0.3, 0.4) is 0 Å². The molecule has 0 saturated heterocycles. The molecule has 2 atom stereocenters. The van der Waals surface area contributed by atoms with Crippen molar-refractivity contribution < 1.29 is 9.59 Å². The maximum Gasteiger partial charge on any atom is 0.226 e. The highest BCUT2D eigenvalue weighted by molar-refractivity contribution is 5.85. The van der Waals surface area contributed by atoms with Crippen molar-refractivity contribution in [1.82, 2.24) is 10.6 Å². The van der Waals surface area contributed by atoms with E-state index in [0.717, 1.165) is 38.5 Å². The lowest BCUT2D eigenvalue weighted by Gasteiger charge is -2.59. The van der Waals surface area contributed by atoms with Crippen LogP contribution in [0.2, 0.25) is 0 Å². The molecule has 2 unspecified atom stereocenters. The van der Waals surface area contributed by atoms with Gasteiger partial charge in [-0.3, -0.25) is 9.59 Å². The normalized spacial score (nSPS) is 27.2. The van der Waals surface area contributed by atoms with E-state index in [1.165, 1.54) is 6.92 Å². The highest BCUT2D eigenvalue weighted by Gasteiger charge is 2.60. The Morgan fingerprint density at radius 1 is 1.04 bits per heavy atom. The van der Waals surface area contributed by atoms with Crippen LogP contribution in [-0.4, -0.2) is 24.9 Å². The first-order valence-electron chi connectivity index (χ1n) is 9.21. The molecule has 1 rings (SSSR count). The fraction of sp³-hybridized carbons (Fsp3) is 0.895. The summed E-state index contributed by atoms with van der Waals surface area (Å²) in [6.07, 6.45) is 6.32. The predicted molar refractivity (Wildman–Crippen MR) is 95.1 cm³/mol. The lowest BCUT2D eigenvalue weighted by Crippen LogP contribution is -2.60. The van der Waals surface area contributed by atoms with E-state index in [2.05, 4.69) is 45.3 Å². The summed E-state index contributed by atoms with van der Waals surface area (Å²) >= 11 is 0. The average Bonchev–Trinajstić information content (AvgIpc) is 2.53. The van der Waals surface area contributed by atoms with Crippen molar-refractivity contribution in [3.05, 3.63) is 0 Å². The zero-order chi connectivity index (χ0) is 17.7. The number of hydrogen-bond acceptors (Lipinski definition) is 2. The van der Waals surface area contributed by atoms with Crippen molar-refractivity contribution >= 4 is 11.8 Å². The molecule has 23 heavy (non-hydrogen) atoms. The minimum atomic E-state index is -0.251. The molecular weight excluding hydrogens is 288 g/mol. The van der Waals surface area contributed by atoms with E-state index in [9.17, 15) is 9.59 Å². The summed E-state index contributed by atoms with van der Waals surface area (Å²) in [6.45, 7) is 13.8. The Balaban J connectivity index is 2.85. The average molecular weight is 325 g/mol. The van der Waals surface area contributed by atoms with Crippen LogP contribution in [0.15, 0.2) is 0 Å². The van der Waals surface area contributed by atoms with Crippen LogP contribution in [0.25, 0.3) is 0 Å². The number of rotatable bonds is 9. The molecule has 0 aromatic carbocycles. The van der Waals surface area contributed by atoms with Crippen LogP contribution in [-0.2, 0) is 9.59 Å². The summed E-state index contributed by atoms with van der Waals surface area (Å²) in [7, 11) is 0. The highest BCUT2D eigenvalue weighted by atomic mass is 16.2. The van der Waals surface area contributed by atoms with Crippen molar-refractivity contribution in [2.24, 2.45) is 16.2 Å². The molecule has 1 aliphatic carbocycles. The second-order valence-corrected chi connectivity index (χ2v) is 7.93. The van der Waals surface area contributed by atoms with Crippen LogP contribution in [0.1, 0.15) is 80.1 Å². The Hall–Kier alpha value is -1.06. The van der Waals surface area contributed by atoms with E-state index in [-0.39, 0.29) is 28.1 Å². The second kappa shape index (κ2) is 7.67. The number of amides is 2. The Kier molecular flexibility index (Phi) is 6.67. The molecule has 1 aliphatic rings. The van der Waals surface area contributed by atoms with Crippen LogP contribution in [0.5, 0.6) is 0 Å². The van der Waals surface area contributed by atoms with Crippen LogP contribution in [0, 0.1) is 16.2 Å². The minimum absolute atomic E-state index is 0.0551. The van der Waals surface area contributed by atoms with Gasteiger partial charge in [-0.25, -0.2) is 0 Å². The van der Waals surface area contributed by atoms with Gasteiger partial charge < -0.3 is 10.6 Å². The summed E-state index contributed by atoms with van der Waals surface area (Å²) in [6, 6.07) is 0. The van der Waals surface area contributed by atoms with Gasteiger partial charge in [0.05, 0.1) is 5.41 Å². The topological polar surface area (TPSA) is 58.2 Å². The molecule has 0 aliphatic heterocycles. The van der Waals surface area contributed by atoms with Crippen molar-refractivity contribution in [1.29, 1.82) is 0 Å². The zero-order valence-corrected chi connectivity index (χ0v) is 16.0. The van der Waals surface area contributed by atoms with Crippen molar-refractivity contribution in [3.8, 4) is 0 Å². The summed E-state index contributed by atoms with van der Waals surface area (Å²) in [5, 5.41) is 5.83. The van der Waals surface area contributed by atoms with Gasteiger partial charge in [0, 0.05) is 20.0 Å². The Bertz CT molecular complexity index is 427. The van der Waals surface area contributed by atoms with Crippen LogP contribution >= 0.6 is 0 Å². The maximum atomic E-state index is 13.1. The quantitative estimate of drug-likeness (QED) is 0.636. The first-order valence-corrected chi connectivity index (χ1v) is 9.21. The fourth-order valence-corrected chi connectivity index (χ4v) is 3.95. The highest BCUT2D eigenvalue weighted by Crippen LogP contribution is 2.63. The molecule has 134 valence electrons. The smallest absolute Gasteiger partial charge is 0.226 e. The largest absolute Gasteiger partial charge is 0.355 e. The Morgan fingerprint density at radius 3 is 2.00 bits per heavy atom. The van der Waals surface area contributed by atoms with Gasteiger partial charge in [-0.15, -0.1) is 0 Å². The summed E-state index contributed by atoms with van der Waals surface area (Å²) in [4.78, 5) is 24.0. The molecule has 0 spiro atoms. The second-order valence-electron chi connectivity index (χ2n) is 7.93. The number of nitrogens with one attached hydrogen (secondary N) is 2. The van der Waals surface area contributed by atoms with E-state index in [1.54, 1.807) is 0 Å². The van der Waals surface area contributed by atoms with Crippen LogP contribution < -0.4 is 10.6 Å². The third-order valence-electron chi connectivity index (χ3n) is 6.69. The number of carbonyl (C=O) groups is 2. The van der Waals surface area contributed by atoms with E-state index < -0.39 is 0 Å². The predicted octanol–water partition coefficient (Wildman–Crippen LogP) is 3.65. The molecule has 1 saturated carbocycles. The first kappa shape index (κ1) is 20.0. The third kappa shape index (κ3) is 4.07. The zero-order valence-electron chi connectivity index (χ0n) is 16.0. The molecule has 4 nitrogen and oxygen atoms in total. The molecule has 2 amide bonds. The molecule has 0 aromatic rings. The Morgan fingerprint density at radius 2 is 1.61 bits per heavy atom. The molecular formula is C19H36N2O2. The van der Waals surface area contributed by atoms with Gasteiger partial charge in [0.1, 0.15) is 0 Å². The molecule has 4 heteroatoms. The van der Waals surface area contributed by atoms with Gasteiger partial charge in [-0.05, 0) is 36.5 Å². The van der Waals surface area contributed by atoms with Gasteiger partial charge in [-0.1, -0.05) is 47.5 Å². The monoisotopic (exact) mass is 324 g/mol. The standard InChI is InChI=1S/C19H36N2O2/c1-7-17(5,8-2)14-19(11-10-18(19,6)9-3)16(23)21-13-12-20-15(4)22/h7-14H2,1-6H3,(H,20,22)(H,21,23). The van der Waals surface area contributed by atoms with Crippen molar-refractivity contribution in [3.63, 3.8) is 0 Å². The van der Waals surface area contributed by atoms with Gasteiger partial charge in [0.25, 0.3) is 0 Å². The maximum absolute atomic E-state index is 13.1. The first-order chi connectivity index (χ1) is 10.7. The van der Waals surface area contributed by atoms with Gasteiger partial charge in [-0.2, -0.15) is 0 Å². The minimum Gasteiger partial charge on any atom is -0.355 e.